The quantitative estimate of drug-likeness (QED) is 0.512. The van der Waals surface area contributed by atoms with Crippen molar-refractivity contribution in [2.45, 2.75) is 29.7 Å². The second kappa shape index (κ2) is 109. The Morgan fingerprint density at radius 3 is 0.600 bits per heavy atom. The molecule has 0 aliphatic rings. The van der Waals surface area contributed by atoms with E-state index in [1.165, 1.54) is 0 Å². The molecule has 0 unspecified atom stereocenters. The molecule has 42 valence electrons. The minimum atomic E-state index is 0. The molecule has 0 aliphatic carbocycles. The first-order valence-electron chi connectivity index (χ1n) is 0. The summed E-state index contributed by atoms with van der Waals surface area (Å²) in [5, 5.41) is 0. The van der Waals surface area contributed by atoms with Crippen LogP contribution in [0.15, 0.2) is 0 Å². The van der Waals surface area contributed by atoms with Crippen LogP contribution in [0.3, 0.4) is 0 Å². The van der Waals surface area contributed by atoms with Crippen molar-refractivity contribution >= 4 is 23.9 Å². The van der Waals surface area contributed by atoms with Gasteiger partial charge in [-0.05, 0) is 0 Å². The average Bonchev–Trinajstić information content (AvgIpc) is 0. The molecule has 0 saturated carbocycles. The van der Waals surface area contributed by atoms with Gasteiger partial charge in [0.05, 0.1) is 0 Å². The summed E-state index contributed by atoms with van der Waals surface area (Å²) < 4.78 is 0. The molecule has 0 aromatic heterocycles. The van der Waals surface area contributed by atoms with Crippen LogP contribution in [0.25, 0.3) is 0 Å². The summed E-state index contributed by atoms with van der Waals surface area (Å²) in [6.07, 6.45) is 0. The molecule has 0 N–H and O–H groups in total. The molecule has 0 bridgehead atoms. The summed E-state index contributed by atoms with van der Waals surface area (Å²) in [5.74, 6) is 0. The van der Waals surface area contributed by atoms with Crippen molar-refractivity contribution in [2.24, 2.45) is 0 Å². The Kier molecular flexibility index (Phi) is 4540. The van der Waals surface area contributed by atoms with Crippen molar-refractivity contribution in [3.63, 3.8) is 0 Å². The van der Waals surface area contributed by atoms with E-state index in [0.29, 0.717) is 0 Å². The Labute approximate surface area is 56.9 Å². The molecule has 0 spiro atoms. The number of rotatable bonds is 0. The van der Waals surface area contributed by atoms with Gasteiger partial charge in [0.15, 0.2) is 0 Å². The van der Waals surface area contributed by atoms with Crippen LogP contribution in [0.4, 0.5) is 0 Å². The zero-order valence-electron chi connectivity index (χ0n) is 0.707. The van der Waals surface area contributed by atoms with Crippen molar-refractivity contribution in [1.29, 1.82) is 0 Å². The number of hydrogen-bond donors (Lipinski definition) is 0. The molecule has 2 radical (unpaired) electrons. The molecule has 0 heterocycles. The van der Waals surface area contributed by atoms with E-state index in [1.54, 1.807) is 0 Å². The third kappa shape index (κ3) is 58.9. The molecule has 0 saturated heterocycles. The van der Waals surface area contributed by atoms with E-state index in [2.05, 4.69) is 0 Å². The van der Waals surface area contributed by atoms with E-state index in [-0.39, 0.29) is 56.5 Å². The first-order chi connectivity index (χ1) is 0. The van der Waals surface area contributed by atoms with Gasteiger partial charge in [0, 0.05) is 2.85 Å². The van der Waals surface area contributed by atoms with Crippen LogP contribution in [0.2, 0.25) is 0 Å². The van der Waals surface area contributed by atoms with Gasteiger partial charge in [-0.25, -0.2) is 0 Å². The molecule has 0 atom stereocenters. The fraction of sp³-hybridized carbons (Fsp3) is 1.00. The molecular formula is C4H22Sn. The zero-order chi connectivity index (χ0) is 0. The van der Waals surface area contributed by atoms with Crippen molar-refractivity contribution in [3.05, 3.63) is 0 Å². The summed E-state index contributed by atoms with van der Waals surface area (Å²) in [6.45, 7) is 0. The van der Waals surface area contributed by atoms with Crippen LogP contribution in [0.1, 0.15) is 32.6 Å². The van der Waals surface area contributed by atoms with Gasteiger partial charge < -0.3 is 0 Å². The number of hydrogen-bond acceptors (Lipinski definition) is 0. The van der Waals surface area contributed by atoms with Gasteiger partial charge in [0.1, 0.15) is 0 Å². The Bertz CT molecular complexity index is 9.65. The normalized spacial score (nSPS) is 0. The van der Waals surface area contributed by atoms with Crippen LogP contribution in [0, 0.1) is 0 Å². The van der Waals surface area contributed by atoms with Crippen LogP contribution in [-0.4, -0.2) is 23.9 Å². The second-order valence-corrected chi connectivity index (χ2v) is 0. The van der Waals surface area contributed by atoms with Crippen molar-refractivity contribution in [1.82, 2.24) is 0 Å². The van der Waals surface area contributed by atoms with Gasteiger partial charge in [-0.1, -0.05) is 29.7 Å². The molecule has 0 amide bonds. The Morgan fingerprint density at radius 1 is 0.600 bits per heavy atom. The maximum absolute atomic E-state index is 0. The molecule has 0 aromatic rings. The third-order valence-corrected chi connectivity index (χ3v) is 0. The van der Waals surface area contributed by atoms with Gasteiger partial charge in [-0.2, -0.15) is 0 Å². The molecule has 0 rings (SSSR count). The van der Waals surface area contributed by atoms with E-state index in [1.807, 2.05) is 0 Å². The fourth-order valence-electron chi connectivity index (χ4n) is 0. The van der Waals surface area contributed by atoms with E-state index in [9.17, 15) is 0 Å². The second-order valence-electron chi connectivity index (χ2n) is 0. The standard InChI is InChI=1S/4CH4.Sn.2H2.2H/h4*1H4;;2*1H;;. The van der Waals surface area contributed by atoms with Crippen LogP contribution in [0.5, 0.6) is 0 Å². The monoisotopic (exact) mass is 190 g/mol. The SMILES string of the molecule is C.C.C.C.[HH].[HH].[SnH2]. The van der Waals surface area contributed by atoms with Crippen LogP contribution < -0.4 is 0 Å². The van der Waals surface area contributed by atoms with E-state index in [0.717, 1.165) is 0 Å². The van der Waals surface area contributed by atoms with Crippen LogP contribution in [-0.2, 0) is 0 Å². The van der Waals surface area contributed by atoms with Crippen molar-refractivity contribution in [3.8, 4) is 0 Å². The first-order valence-corrected chi connectivity index (χ1v) is 0. The summed E-state index contributed by atoms with van der Waals surface area (Å²) in [4.78, 5) is 0. The van der Waals surface area contributed by atoms with Gasteiger partial charge >= 0.3 is 23.9 Å². The van der Waals surface area contributed by atoms with E-state index >= 15 is 0 Å². The zero-order valence-corrected chi connectivity index (χ0v) is 4.74. The van der Waals surface area contributed by atoms with Gasteiger partial charge in [0.25, 0.3) is 0 Å². The predicted molar refractivity (Wildman–Crippen MR) is 39.7 cm³/mol. The van der Waals surface area contributed by atoms with Crippen LogP contribution >= 0.6 is 0 Å². The molecule has 0 aliphatic heterocycles. The topological polar surface area (TPSA) is 0 Å². The summed E-state index contributed by atoms with van der Waals surface area (Å²) >= 11 is 0. The minimum absolute atomic E-state index is 0. The molecular weight excluding hydrogens is 167 g/mol. The van der Waals surface area contributed by atoms with E-state index < -0.39 is 0 Å². The molecule has 1 heteroatoms. The third-order valence-electron chi connectivity index (χ3n) is 0. The molecule has 0 aromatic carbocycles. The average molecular weight is 189 g/mol. The maximum atomic E-state index is 0. The van der Waals surface area contributed by atoms with Gasteiger partial charge in [-0.3, -0.25) is 0 Å². The van der Waals surface area contributed by atoms with Crippen molar-refractivity contribution in [2.75, 3.05) is 0 Å². The Morgan fingerprint density at radius 2 is 0.600 bits per heavy atom. The Hall–Kier alpha value is 0.799. The summed E-state index contributed by atoms with van der Waals surface area (Å²) in [6, 6.07) is 0. The van der Waals surface area contributed by atoms with Gasteiger partial charge in [-0.15, -0.1) is 0 Å². The fourth-order valence-corrected chi connectivity index (χ4v) is 0. The summed E-state index contributed by atoms with van der Waals surface area (Å²) in [7, 11) is 0. The Balaban J connectivity index is 0. The molecule has 0 fully saturated rings. The van der Waals surface area contributed by atoms with Gasteiger partial charge in [0.2, 0.25) is 0 Å². The summed E-state index contributed by atoms with van der Waals surface area (Å²) in [5.41, 5.74) is 0. The van der Waals surface area contributed by atoms with Crippen molar-refractivity contribution < 1.29 is 2.85 Å². The van der Waals surface area contributed by atoms with E-state index in [4.69, 9.17) is 0 Å². The predicted octanol–water partition coefficient (Wildman–Crippen LogP) is 2.12. The molecule has 0 nitrogen and oxygen atoms in total. The first kappa shape index (κ1) is 209. The molecule has 5 heavy (non-hydrogen) atoms.